The summed E-state index contributed by atoms with van der Waals surface area (Å²) in [6.07, 6.45) is 2.42. The molecule has 1 saturated carbocycles. The molecule has 2 aromatic rings. The van der Waals surface area contributed by atoms with Crippen LogP contribution in [-0.4, -0.2) is 38.7 Å². The molecular formula is C18H18N2O3Se. The number of carbonyl (C=O) groups is 1. The second-order valence-corrected chi connectivity index (χ2v) is 7.83. The van der Waals surface area contributed by atoms with Crippen LogP contribution >= 0.6 is 0 Å². The molecule has 6 heteroatoms. The van der Waals surface area contributed by atoms with Crippen molar-refractivity contribution in [1.82, 2.24) is 4.98 Å². The van der Waals surface area contributed by atoms with Crippen molar-refractivity contribution < 1.29 is 14.3 Å². The first-order valence-electron chi connectivity index (χ1n) is 7.94. The number of nitriles is 1. The molecular weight excluding hydrogens is 371 g/mol. The quantitative estimate of drug-likeness (QED) is 0.561. The minimum absolute atomic E-state index is 0.209. The predicted octanol–water partition coefficient (Wildman–Crippen LogP) is 2.95. The standard InChI is InChI=1S/C18H18N2O3Se/c1-3-22-18(21)16-11(2)20-17(24-16)13-6-7-15(14(8-13)9-19)23-10-12-4-5-12/h6-8,12H,3-5,10H2,1-2H3. The Labute approximate surface area is 147 Å². The maximum atomic E-state index is 12.0. The molecule has 1 aromatic heterocycles. The molecule has 0 radical (unpaired) electrons. The van der Waals surface area contributed by atoms with Crippen LogP contribution in [-0.2, 0) is 4.74 Å². The Morgan fingerprint density at radius 1 is 1.46 bits per heavy atom. The zero-order chi connectivity index (χ0) is 17.1. The number of nitrogens with zero attached hydrogens (tertiary/aromatic N) is 2. The summed E-state index contributed by atoms with van der Waals surface area (Å²) >= 11 is -0.209. The van der Waals surface area contributed by atoms with E-state index in [0.29, 0.717) is 40.6 Å². The molecule has 1 aromatic carbocycles. The van der Waals surface area contributed by atoms with E-state index in [-0.39, 0.29) is 20.5 Å². The molecule has 0 unspecified atom stereocenters. The summed E-state index contributed by atoms with van der Waals surface area (Å²) in [6.45, 7) is 4.63. The van der Waals surface area contributed by atoms with Gasteiger partial charge in [0.15, 0.2) is 0 Å². The molecule has 24 heavy (non-hydrogen) atoms. The molecule has 0 aliphatic heterocycles. The molecule has 5 nitrogen and oxygen atoms in total. The van der Waals surface area contributed by atoms with E-state index in [1.165, 1.54) is 12.8 Å². The van der Waals surface area contributed by atoms with Gasteiger partial charge < -0.3 is 0 Å². The predicted molar refractivity (Wildman–Crippen MR) is 90.2 cm³/mol. The van der Waals surface area contributed by atoms with Gasteiger partial charge in [0.2, 0.25) is 0 Å². The van der Waals surface area contributed by atoms with Gasteiger partial charge in [-0.2, -0.15) is 0 Å². The van der Waals surface area contributed by atoms with Gasteiger partial charge in [-0.1, -0.05) is 0 Å². The molecule has 0 N–H and O–H groups in total. The van der Waals surface area contributed by atoms with E-state index in [0.717, 1.165) is 10.1 Å². The number of ether oxygens (including phenoxy) is 2. The van der Waals surface area contributed by atoms with Crippen molar-refractivity contribution in [2.45, 2.75) is 26.7 Å². The van der Waals surface area contributed by atoms with E-state index in [9.17, 15) is 10.1 Å². The molecule has 1 heterocycles. The first-order valence-corrected chi connectivity index (χ1v) is 9.65. The van der Waals surface area contributed by atoms with E-state index in [1.807, 2.05) is 19.1 Å². The van der Waals surface area contributed by atoms with Crippen LogP contribution in [0.5, 0.6) is 5.75 Å². The van der Waals surface area contributed by atoms with Crippen molar-refractivity contribution in [1.29, 1.82) is 5.26 Å². The molecule has 3 rings (SSSR count). The zero-order valence-corrected chi connectivity index (χ0v) is 15.4. The van der Waals surface area contributed by atoms with E-state index in [4.69, 9.17) is 9.47 Å². The molecule has 0 bridgehead atoms. The van der Waals surface area contributed by atoms with Gasteiger partial charge in [0, 0.05) is 0 Å². The van der Waals surface area contributed by atoms with Crippen molar-refractivity contribution >= 4 is 20.5 Å². The van der Waals surface area contributed by atoms with Gasteiger partial charge >= 0.3 is 147 Å². The van der Waals surface area contributed by atoms with Gasteiger partial charge in [0.25, 0.3) is 0 Å². The first-order chi connectivity index (χ1) is 11.6. The monoisotopic (exact) mass is 390 g/mol. The summed E-state index contributed by atoms with van der Waals surface area (Å²) in [7, 11) is 0. The van der Waals surface area contributed by atoms with Crippen LogP contribution in [0, 0.1) is 24.2 Å². The number of carbonyl (C=O) groups excluding carboxylic acids is 1. The fourth-order valence-electron chi connectivity index (χ4n) is 2.27. The second kappa shape index (κ2) is 7.21. The summed E-state index contributed by atoms with van der Waals surface area (Å²) in [5.41, 5.74) is 2.08. The first kappa shape index (κ1) is 16.8. The average Bonchev–Trinajstić information content (AvgIpc) is 3.33. The molecule has 0 atom stereocenters. The van der Waals surface area contributed by atoms with Gasteiger partial charge in [-0.25, -0.2) is 0 Å². The molecule has 124 valence electrons. The Kier molecular flexibility index (Phi) is 5.03. The van der Waals surface area contributed by atoms with Crippen molar-refractivity contribution in [2.75, 3.05) is 13.2 Å². The van der Waals surface area contributed by atoms with Gasteiger partial charge in [0.05, 0.1) is 0 Å². The van der Waals surface area contributed by atoms with Crippen LogP contribution in [0.15, 0.2) is 18.2 Å². The van der Waals surface area contributed by atoms with Crippen molar-refractivity contribution in [3.05, 3.63) is 33.9 Å². The molecule has 0 spiro atoms. The molecule has 1 aliphatic rings. The number of rotatable bonds is 6. The van der Waals surface area contributed by atoms with Crippen molar-refractivity contribution in [2.24, 2.45) is 5.92 Å². The number of aryl methyl sites for hydroxylation is 1. The van der Waals surface area contributed by atoms with Crippen molar-refractivity contribution in [3.63, 3.8) is 0 Å². The van der Waals surface area contributed by atoms with E-state index in [2.05, 4.69) is 11.1 Å². The van der Waals surface area contributed by atoms with Crippen molar-refractivity contribution in [3.8, 4) is 22.0 Å². The number of aromatic nitrogens is 1. The Morgan fingerprint density at radius 3 is 2.92 bits per heavy atom. The Bertz CT molecular complexity index is 803. The van der Waals surface area contributed by atoms with E-state index in [1.54, 1.807) is 13.0 Å². The minimum atomic E-state index is -0.293. The second-order valence-electron chi connectivity index (χ2n) is 5.73. The third kappa shape index (κ3) is 3.69. The maximum absolute atomic E-state index is 12.0. The molecule has 1 fully saturated rings. The summed E-state index contributed by atoms with van der Waals surface area (Å²) in [4.78, 5) is 16.5. The number of hydrogen-bond acceptors (Lipinski definition) is 5. The molecule has 0 amide bonds. The summed E-state index contributed by atoms with van der Waals surface area (Å²) < 4.78 is 12.3. The molecule has 0 saturated heterocycles. The Hall–Kier alpha value is -2.09. The number of esters is 1. The Morgan fingerprint density at radius 2 is 2.25 bits per heavy atom. The summed E-state index contributed by atoms with van der Waals surface area (Å²) in [6, 6.07) is 7.72. The average molecular weight is 389 g/mol. The SMILES string of the molecule is CCOC(=O)c1[se]c(-c2ccc(OCC3CC3)c(C#N)c2)nc1C. The van der Waals surface area contributed by atoms with Gasteiger partial charge in [0.1, 0.15) is 0 Å². The van der Waals surface area contributed by atoms with E-state index >= 15 is 0 Å². The van der Waals surface area contributed by atoms with Crippen LogP contribution in [0.1, 0.15) is 40.3 Å². The van der Waals surface area contributed by atoms with Crippen LogP contribution in [0.2, 0.25) is 0 Å². The van der Waals surface area contributed by atoms with Gasteiger partial charge in [-0.15, -0.1) is 0 Å². The molecule has 1 aliphatic carbocycles. The number of hydrogen-bond donors (Lipinski definition) is 0. The van der Waals surface area contributed by atoms with Crippen LogP contribution in [0.4, 0.5) is 0 Å². The fourth-order valence-corrected chi connectivity index (χ4v) is 4.28. The van der Waals surface area contributed by atoms with Gasteiger partial charge in [-0.3, -0.25) is 0 Å². The van der Waals surface area contributed by atoms with Gasteiger partial charge in [-0.05, 0) is 0 Å². The Balaban J connectivity index is 1.85. The number of benzene rings is 1. The fraction of sp³-hybridized carbons (Fsp3) is 0.389. The third-order valence-electron chi connectivity index (χ3n) is 3.78. The zero-order valence-electron chi connectivity index (χ0n) is 13.7. The van der Waals surface area contributed by atoms with Crippen LogP contribution in [0.25, 0.3) is 10.1 Å². The summed E-state index contributed by atoms with van der Waals surface area (Å²) in [5.74, 6) is 0.964. The van der Waals surface area contributed by atoms with Crippen LogP contribution < -0.4 is 4.74 Å². The van der Waals surface area contributed by atoms with Crippen LogP contribution in [0.3, 0.4) is 0 Å². The third-order valence-corrected chi connectivity index (χ3v) is 6.27. The van der Waals surface area contributed by atoms with E-state index < -0.39 is 0 Å². The normalized spacial score (nSPS) is 13.4. The summed E-state index contributed by atoms with van der Waals surface area (Å²) in [5, 5.41) is 9.38. The topological polar surface area (TPSA) is 72.2 Å².